The van der Waals surface area contributed by atoms with Crippen LogP contribution < -0.4 is 0 Å². The van der Waals surface area contributed by atoms with Crippen molar-refractivity contribution >= 4 is 62.4 Å². The second-order valence-electron chi connectivity index (χ2n) is 5.84. The van der Waals surface area contributed by atoms with E-state index in [4.69, 9.17) is 32.4 Å². The Bertz CT molecular complexity index is 1260. The Kier molecular flexibility index (Phi) is 6.60. The highest BCUT2D eigenvalue weighted by atomic mass is 35.5. The quantitative estimate of drug-likeness (QED) is 0.194. The third-order valence-corrected chi connectivity index (χ3v) is 6.49. The fourth-order valence-electron chi connectivity index (χ4n) is 2.49. The Morgan fingerprint density at radius 2 is 1.90 bits per heavy atom. The van der Waals surface area contributed by atoms with Crippen LogP contribution in [0, 0.1) is 11.8 Å². The van der Waals surface area contributed by atoms with E-state index in [0.29, 0.717) is 31.8 Å². The molecule has 0 unspecified atom stereocenters. The molecule has 0 atom stereocenters. The molecule has 5 nitrogen and oxygen atoms in total. The van der Waals surface area contributed by atoms with E-state index in [1.807, 2.05) is 24.3 Å². The predicted octanol–water partition coefficient (Wildman–Crippen LogP) is 6.21. The van der Waals surface area contributed by atoms with Gasteiger partial charge in [0.15, 0.2) is 6.61 Å². The molecule has 2 aromatic carbocycles. The van der Waals surface area contributed by atoms with E-state index in [9.17, 15) is 4.79 Å². The minimum absolute atomic E-state index is 0.0240. The summed E-state index contributed by atoms with van der Waals surface area (Å²) in [4.78, 5) is 12.6. The molecule has 4 rings (SSSR count). The van der Waals surface area contributed by atoms with Gasteiger partial charge in [0, 0.05) is 20.7 Å². The maximum atomic E-state index is 12.2. The van der Waals surface area contributed by atoms with Crippen molar-refractivity contribution in [2.24, 2.45) is 0 Å². The SMILES string of the molecule is O=C(OCC#CCSc1nnc(-c2ccc(Cl)cc2)o1)c1sc2ccccc2c1Cl. The van der Waals surface area contributed by atoms with Crippen LogP contribution in [0.15, 0.2) is 58.2 Å². The zero-order valence-electron chi connectivity index (χ0n) is 15.2. The first-order chi connectivity index (χ1) is 14.6. The summed E-state index contributed by atoms with van der Waals surface area (Å²) in [7, 11) is 0. The first-order valence-electron chi connectivity index (χ1n) is 8.64. The number of thioether (sulfide) groups is 1. The predicted molar refractivity (Wildman–Crippen MR) is 120 cm³/mol. The number of thiophene rings is 1. The number of nitrogens with zero attached hydrogens (tertiary/aromatic N) is 2. The van der Waals surface area contributed by atoms with Gasteiger partial charge in [-0.25, -0.2) is 4.79 Å². The van der Waals surface area contributed by atoms with Gasteiger partial charge in [-0.1, -0.05) is 65.0 Å². The van der Waals surface area contributed by atoms with E-state index in [1.165, 1.54) is 23.1 Å². The lowest BCUT2D eigenvalue weighted by Crippen LogP contribution is -2.03. The Labute approximate surface area is 190 Å². The standard InChI is InChI=1S/C21H12Cl2N2O3S2/c22-14-9-7-13(8-10-14)19-24-25-21(28-19)29-12-4-3-11-27-20(26)18-17(23)15-5-1-2-6-16(15)30-18/h1-2,5-10H,11-12H2. The van der Waals surface area contributed by atoms with E-state index in [0.717, 1.165) is 15.6 Å². The van der Waals surface area contributed by atoms with Crippen molar-refractivity contribution in [3.63, 3.8) is 0 Å². The maximum Gasteiger partial charge on any atom is 0.350 e. The number of aromatic nitrogens is 2. The van der Waals surface area contributed by atoms with Crippen LogP contribution in [0.3, 0.4) is 0 Å². The molecule has 0 radical (unpaired) electrons. The Morgan fingerprint density at radius 3 is 2.70 bits per heavy atom. The molecule has 0 N–H and O–H groups in total. The smallest absolute Gasteiger partial charge is 0.350 e. The van der Waals surface area contributed by atoms with Gasteiger partial charge in [-0.3, -0.25) is 0 Å². The lowest BCUT2D eigenvalue weighted by molar-refractivity contribution is 0.0562. The molecule has 0 saturated carbocycles. The number of esters is 1. The molecule has 4 aromatic rings. The summed E-state index contributed by atoms with van der Waals surface area (Å²) in [5.41, 5.74) is 0.789. The van der Waals surface area contributed by atoms with Gasteiger partial charge in [0.25, 0.3) is 5.22 Å². The first kappa shape index (κ1) is 20.8. The molecule has 30 heavy (non-hydrogen) atoms. The van der Waals surface area contributed by atoms with Crippen LogP contribution in [0.4, 0.5) is 0 Å². The second-order valence-corrected chi connectivity index (χ2v) is 8.63. The average molecular weight is 475 g/mol. The first-order valence-corrected chi connectivity index (χ1v) is 11.2. The highest BCUT2D eigenvalue weighted by Gasteiger charge is 2.17. The van der Waals surface area contributed by atoms with Crippen molar-refractivity contribution in [3.8, 4) is 23.3 Å². The average Bonchev–Trinajstić information content (AvgIpc) is 3.36. The Morgan fingerprint density at radius 1 is 1.10 bits per heavy atom. The number of ether oxygens (including phenoxy) is 1. The van der Waals surface area contributed by atoms with Crippen LogP contribution in [-0.4, -0.2) is 28.5 Å². The third kappa shape index (κ3) is 4.79. The molecule has 0 saturated heterocycles. The molecular formula is C21H12Cl2N2O3S2. The molecular weight excluding hydrogens is 463 g/mol. The summed E-state index contributed by atoms with van der Waals surface area (Å²) < 4.78 is 11.7. The largest absolute Gasteiger partial charge is 0.448 e. The minimum Gasteiger partial charge on any atom is -0.448 e. The molecule has 0 amide bonds. The van der Waals surface area contributed by atoms with Gasteiger partial charge in [0.1, 0.15) is 4.88 Å². The second kappa shape index (κ2) is 9.54. The van der Waals surface area contributed by atoms with Crippen molar-refractivity contribution < 1.29 is 13.9 Å². The van der Waals surface area contributed by atoms with Crippen LogP contribution in [0.5, 0.6) is 0 Å². The van der Waals surface area contributed by atoms with Crippen molar-refractivity contribution in [3.05, 3.63) is 63.5 Å². The zero-order chi connectivity index (χ0) is 20.9. The van der Waals surface area contributed by atoms with Gasteiger partial charge in [-0.05, 0) is 30.3 Å². The van der Waals surface area contributed by atoms with Crippen LogP contribution in [0.2, 0.25) is 10.0 Å². The monoisotopic (exact) mass is 474 g/mol. The molecule has 9 heteroatoms. The summed E-state index contributed by atoms with van der Waals surface area (Å²) in [5, 5.41) is 10.3. The fraction of sp³-hybridized carbons (Fsp3) is 0.0952. The number of halogens is 2. The summed E-state index contributed by atoms with van der Waals surface area (Å²) in [6.07, 6.45) is 0. The fourth-order valence-corrected chi connectivity index (χ4v) is 4.55. The van der Waals surface area contributed by atoms with Crippen LogP contribution in [-0.2, 0) is 4.74 Å². The molecule has 0 bridgehead atoms. The van der Waals surface area contributed by atoms with Crippen molar-refractivity contribution in [1.82, 2.24) is 10.2 Å². The zero-order valence-corrected chi connectivity index (χ0v) is 18.4. The minimum atomic E-state index is -0.479. The van der Waals surface area contributed by atoms with Gasteiger partial charge in [0.05, 0.1) is 10.8 Å². The van der Waals surface area contributed by atoms with E-state index in [2.05, 4.69) is 22.0 Å². The molecule has 0 fully saturated rings. The normalized spacial score (nSPS) is 10.6. The molecule has 150 valence electrons. The molecule has 0 aliphatic carbocycles. The highest BCUT2D eigenvalue weighted by molar-refractivity contribution is 7.99. The molecule has 0 aliphatic rings. The summed E-state index contributed by atoms with van der Waals surface area (Å²) in [5.74, 6) is 6.05. The van der Waals surface area contributed by atoms with E-state index < -0.39 is 5.97 Å². The summed E-state index contributed by atoms with van der Waals surface area (Å²) in [6.45, 7) is -0.0240. The van der Waals surface area contributed by atoms with Crippen molar-refractivity contribution in [2.75, 3.05) is 12.4 Å². The van der Waals surface area contributed by atoms with Crippen molar-refractivity contribution in [2.45, 2.75) is 5.22 Å². The van der Waals surface area contributed by atoms with E-state index >= 15 is 0 Å². The molecule has 0 spiro atoms. The van der Waals surface area contributed by atoms with Gasteiger partial charge >= 0.3 is 5.97 Å². The van der Waals surface area contributed by atoms with Gasteiger partial charge in [-0.2, -0.15) is 0 Å². The third-order valence-electron chi connectivity index (χ3n) is 3.89. The molecule has 0 aliphatic heterocycles. The topological polar surface area (TPSA) is 65.2 Å². The van der Waals surface area contributed by atoms with Gasteiger partial charge in [-0.15, -0.1) is 21.5 Å². The van der Waals surface area contributed by atoms with Crippen LogP contribution >= 0.6 is 46.3 Å². The lowest BCUT2D eigenvalue weighted by Gasteiger charge is -1.98. The maximum absolute atomic E-state index is 12.2. The number of carbonyl (C=O) groups excluding carboxylic acids is 1. The van der Waals surface area contributed by atoms with E-state index in [1.54, 1.807) is 24.3 Å². The Balaban J connectivity index is 1.27. The number of carbonyl (C=O) groups is 1. The van der Waals surface area contributed by atoms with Crippen LogP contribution in [0.25, 0.3) is 21.5 Å². The van der Waals surface area contributed by atoms with E-state index in [-0.39, 0.29) is 6.61 Å². The molecule has 2 aromatic heterocycles. The number of rotatable bonds is 5. The number of benzene rings is 2. The van der Waals surface area contributed by atoms with Gasteiger partial charge < -0.3 is 9.15 Å². The Hall–Kier alpha value is -2.50. The number of hydrogen-bond acceptors (Lipinski definition) is 7. The number of hydrogen-bond donors (Lipinski definition) is 0. The summed E-state index contributed by atoms with van der Waals surface area (Å²) in [6, 6.07) is 14.7. The highest BCUT2D eigenvalue weighted by Crippen LogP contribution is 2.35. The number of fused-ring (bicyclic) bond motifs is 1. The molecule has 2 heterocycles. The lowest BCUT2D eigenvalue weighted by atomic mass is 10.2. The van der Waals surface area contributed by atoms with Crippen LogP contribution in [0.1, 0.15) is 9.67 Å². The summed E-state index contributed by atoms with van der Waals surface area (Å²) >= 11 is 14.8. The van der Waals surface area contributed by atoms with Crippen molar-refractivity contribution in [1.29, 1.82) is 0 Å². The van der Waals surface area contributed by atoms with Gasteiger partial charge in [0.2, 0.25) is 5.89 Å².